The van der Waals surface area contributed by atoms with Crippen molar-refractivity contribution in [3.8, 4) is 0 Å². The van der Waals surface area contributed by atoms with Gasteiger partial charge in [-0.1, -0.05) is 12.1 Å². The molecule has 1 aromatic carbocycles. The molecule has 0 bridgehead atoms. The van der Waals surface area contributed by atoms with Gasteiger partial charge in [-0.25, -0.2) is 13.6 Å². The fourth-order valence-corrected chi connectivity index (χ4v) is 2.82. The molecule has 0 aromatic heterocycles. The largest absolute Gasteiger partial charge is 0.286 e. The Morgan fingerprint density at radius 2 is 2.00 bits per heavy atom. The van der Waals surface area contributed by atoms with E-state index in [1.165, 1.54) is 18.2 Å². The number of sulfonamides is 1. The van der Waals surface area contributed by atoms with E-state index in [0.717, 1.165) is 11.8 Å². The lowest BCUT2D eigenvalue weighted by atomic mass is 10.1. The zero-order valence-electron chi connectivity index (χ0n) is 8.41. The summed E-state index contributed by atoms with van der Waals surface area (Å²) in [6.07, 6.45) is 0. The molecule has 3 N–H and O–H groups in total. The second-order valence-electron chi connectivity index (χ2n) is 3.39. The zero-order chi connectivity index (χ0) is 12.6. The number of nitrogens with two attached hydrogens (primary N) is 1. The quantitative estimate of drug-likeness (QED) is 0.808. The molecule has 8 heteroatoms. The third-order valence-electron chi connectivity index (χ3n) is 2.18. The monoisotopic (exact) mass is 272 g/mol. The summed E-state index contributed by atoms with van der Waals surface area (Å²) in [6.45, 7) is 0. The summed E-state index contributed by atoms with van der Waals surface area (Å²) in [4.78, 5) is 22.3. The van der Waals surface area contributed by atoms with Gasteiger partial charge in [-0.05, 0) is 29.5 Å². The Morgan fingerprint density at radius 3 is 2.53 bits per heavy atom. The van der Waals surface area contributed by atoms with E-state index in [4.69, 9.17) is 5.14 Å². The highest BCUT2D eigenvalue weighted by Gasteiger charge is 2.33. The predicted octanol–water partition coefficient (Wildman–Crippen LogP) is 0.358. The van der Waals surface area contributed by atoms with Crippen LogP contribution < -0.4 is 10.5 Å². The maximum Gasteiger partial charge on any atom is 0.286 e. The summed E-state index contributed by atoms with van der Waals surface area (Å²) in [7, 11) is -3.81. The molecule has 1 heterocycles. The minimum Gasteiger partial charge on any atom is -0.286 e. The first-order chi connectivity index (χ1) is 7.88. The molecule has 1 atom stereocenters. The molecule has 90 valence electrons. The van der Waals surface area contributed by atoms with Gasteiger partial charge in [0.1, 0.15) is 5.25 Å². The van der Waals surface area contributed by atoms with Gasteiger partial charge >= 0.3 is 0 Å². The molecule has 0 aliphatic carbocycles. The van der Waals surface area contributed by atoms with E-state index in [2.05, 4.69) is 5.32 Å². The number of thioether (sulfide) groups is 1. The molecule has 0 spiro atoms. The summed E-state index contributed by atoms with van der Waals surface area (Å²) in [5.41, 5.74) is 0.435. The number of hydrogen-bond donors (Lipinski definition) is 2. The van der Waals surface area contributed by atoms with E-state index in [0.29, 0.717) is 5.56 Å². The normalized spacial score (nSPS) is 20.4. The van der Waals surface area contributed by atoms with Gasteiger partial charge in [0, 0.05) is 0 Å². The SMILES string of the molecule is NS(=O)(=O)c1cccc(C2SC(=O)NC2=O)c1. The Hall–Kier alpha value is -1.38. The fraction of sp³-hybridized carbons (Fsp3) is 0.111. The Labute approximate surface area is 102 Å². The van der Waals surface area contributed by atoms with Crippen molar-refractivity contribution in [2.24, 2.45) is 5.14 Å². The topological polar surface area (TPSA) is 106 Å². The van der Waals surface area contributed by atoms with Crippen LogP contribution in [0.1, 0.15) is 10.8 Å². The summed E-state index contributed by atoms with van der Waals surface area (Å²) in [6, 6.07) is 5.68. The third-order valence-corrected chi connectivity index (χ3v) is 4.13. The molecule has 0 saturated carbocycles. The van der Waals surface area contributed by atoms with Gasteiger partial charge in [-0.15, -0.1) is 0 Å². The van der Waals surface area contributed by atoms with Crippen molar-refractivity contribution < 1.29 is 18.0 Å². The van der Waals surface area contributed by atoms with Crippen LogP contribution in [0.5, 0.6) is 0 Å². The Balaban J connectivity index is 2.41. The molecular formula is C9H8N2O4S2. The molecule has 1 saturated heterocycles. The van der Waals surface area contributed by atoms with Gasteiger partial charge in [-0.2, -0.15) is 0 Å². The highest BCUT2D eigenvalue weighted by molar-refractivity contribution is 8.15. The van der Waals surface area contributed by atoms with E-state index in [9.17, 15) is 18.0 Å². The second-order valence-corrected chi connectivity index (χ2v) is 6.03. The van der Waals surface area contributed by atoms with Gasteiger partial charge in [0.25, 0.3) is 5.24 Å². The van der Waals surface area contributed by atoms with Crippen LogP contribution in [0.15, 0.2) is 29.2 Å². The molecule has 17 heavy (non-hydrogen) atoms. The Kier molecular flexibility index (Phi) is 2.94. The molecule has 1 aliphatic heterocycles. The van der Waals surface area contributed by atoms with Gasteiger partial charge in [0.15, 0.2) is 0 Å². The van der Waals surface area contributed by atoms with E-state index in [1.54, 1.807) is 6.07 Å². The molecule has 6 nitrogen and oxygen atoms in total. The first kappa shape index (κ1) is 12.1. The molecule has 1 unspecified atom stereocenters. The molecule has 0 radical (unpaired) electrons. The number of carbonyl (C=O) groups excluding carboxylic acids is 2. The van der Waals surface area contributed by atoms with Gasteiger partial charge in [0.05, 0.1) is 4.90 Å². The van der Waals surface area contributed by atoms with E-state index >= 15 is 0 Å². The van der Waals surface area contributed by atoms with Crippen LogP contribution >= 0.6 is 11.8 Å². The molecule has 2 amide bonds. The predicted molar refractivity (Wildman–Crippen MR) is 61.7 cm³/mol. The smallest absolute Gasteiger partial charge is 0.286 e. The average Bonchev–Trinajstić information content (AvgIpc) is 2.57. The van der Waals surface area contributed by atoms with Crippen LogP contribution in [0.2, 0.25) is 0 Å². The van der Waals surface area contributed by atoms with Gasteiger partial charge in [-0.3, -0.25) is 14.9 Å². The number of nitrogens with one attached hydrogen (secondary N) is 1. The summed E-state index contributed by atoms with van der Waals surface area (Å²) >= 11 is 0.811. The summed E-state index contributed by atoms with van der Waals surface area (Å²) < 4.78 is 22.3. The zero-order valence-corrected chi connectivity index (χ0v) is 10.0. The fourth-order valence-electron chi connectivity index (χ4n) is 1.43. The van der Waals surface area contributed by atoms with Crippen LogP contribution in [-0.4, -0.2) is 19.6 Å². The van der Waals surface area contributed by atoms with Gasteiger partial charge < -0.3 is 0 Å². The Bertz CT molecular complexity index is 597. The number of imide groups is 1. The average molecular weight is 272 g/mol. The van der Waals surface area contributed by atoms with E-state index < -0.39 is 26.4 Å². The Morgan fingerprint density at radius 1 is 1.29 bits per heavy atom. The van der Waals surface area contributed by atoms with Crippen molar-refractivity contribution in [1.82, 2.24) is 5.32 Å². The molecular weight excluding hydrogens is 264 g/mol. The molecule has 1 aromatic rings. The number of amides is 2. The van der Waals surface area contributed by atoms with Crippen LogP contribution in [0, 0.1) is 0 Å². The highest BCUT2D eigenvalue weighted by Crippen LogP contribution is 2.34. The molecule has 1 fully saturated rings. The highest BCUT2D eigenvalue weighted by atomic mass is 32.2. The van der Waals surface area contributed by atoms with Crippen LogP contribution in [0.4, 0.5) is 4.79 Å². The van der Waals surface area contributed by atoms with E-state index in [-0.39, 0.29) is 4.90 Å². The van der Waals surface area contributed by atoms with Crippen molar-refractivity contribution in [1.29, 1.82) is 0 Å². The maximum atomic E-state index is 11.4. The van der Waals surface area contributed by atoms with Crippen molar-refractivity contribution >= 4 is 32.9 Å². The number of primary sulfonamides is 1. The first-order valence-electron chi connectivity index (χ1n) is 4.52. The van der Waals surface area contributed by atoms with Crippen molar-refractivity contribution in [2.45, 2.75) is 10.1 Å². The molecule has 1 aliphatic rings. The van der Waals surface area contributed by atoms with Crippen molar-refractivity contribution in [3.63, 3.8) is 0 Å². The lowest BCUT2D eigenvalue weighted by Gasteiger charge is -2.06. The molecule has 2 rings (SSSR count). The summed E-state index contributed by atoms with van der Waals surface area (Å²) in [5.74, 6) is -0.452. The van der Waals surface area contributed by atoms with Crippen LogP contribution in [0.3, 0.4) is 0 Å². The number of carbonyl (C=O) groups is 2. The second kappa shape index (κ2) is 4.13. The van der Waals surface area contributed by atoms with Crippen molar-refractivity contribution in [3.05, 3.63) is 29.8 Å². The van der Waals surface area contributed by atoms with Crippen LogP contribution in [-0.2, 0) is 14.8 Å². The maximum absolute atomic E-state index is 11.4. The van der Waals surface area contributed by atoms with E-state index in [1.807, 2.05) is 0 Å². The number of benzene rings is 1. The standard InChI is InChI=1S/C9H8N2O4S2/c10-17(14,15)6-3-1-2-5(4-6)7-8(12)11-9(13)16-7/h1-4,7H,(H2,10,14,15)(H,11,12,13). The minimum atomic E-state index is -3.81. The number of hydrogen-bond acceptors (Lipinski definition) is 5. The minimum absolute atomic E-state index is 0.0808. The lowest BCUT2D eigenvalue weighted by Crippen LogP contribution is -2.20. The lowest BCUT2D eigenvalue weighted by molar-refractivity contribution is -0.119. The number of rotatable bonds is 2. The summed E-state index contributed by atoms with van der Waals surface area (Å²) in [5, 5.41) is 5.95. The van der Waals surface area contributed by atoms with Gasteiger partial charge in [0.2, 0.25) is 15.9 Å². The first-order valence-corrected chi connectivity index (χ1v) is 6.95. The van der Waals surface area contributed by atoms with Crippen LogP contribution in [0.25, 0.3) is 0 Å². The van der Waals surface area contributed by atoms with Crippen molar-refractivity contribution in [2.75, 3.05) is 0 Å². The third kappa shape index (κ3) is 2.48.